The molecule has 10 heteroatoms. The van der Waals surface area contributed by atoms with E-state index in [9.17, 15) is 22.9 Å². The third kappa shape index (κ3) is 6.81. The van der Waals surface area contributed by atoms with Crippen molar-refractivity contribution in [3.63, 3.8) is 0 Å². The van der Waals surface area contributed by atoms with Crippen LogP contribution >= 0.6 is 0 Å². The van der Waals surface area contributed by atoms with Crippen molar-refractivity contribution in [2.75, 3.05) is 7.11 Å². The van der Waals surface area contributed by atoms with Gasteiger partial charge in [-0.2, -0.15) is 0 Å². The van der Waals surface area contributed by atoms with Gasteiger partial charge in [0.1, 0.15) is 0 Å². The van der Waals surface area contributed by atoms with Crippen molar-refractivity contribution in [3.8, 4) is 11.5 Å². The molecule has 6 nitrogen and oxygen atoms in total. The number of alkyl halides is 3. The summed E-state index contributed by atoms with van der Waals surface area (Å²) in [6.45, 7) is 5.48. The van der Waals surface area contributed by atoms with Gasteiger partial charge in [-0.15, -0.1) is 0 Å². The monoisotopic (exact) mass is 676 g/mol. The molecule has 5 unspecified atom stereocenters. The first kappa shape index (κ1) is 32.0. The predicted octanol–water partition coefficient (Wildman–Crippen LogP) is 6.88. The van der Waals surface area contributed by atoms with Crippen LogP contribution in [0.15, 0.2) is 78.9 Å². The maximum atomic E-state index is 14.9. The molecule has 0 N–H and O–H groups in total. The van der Waals surface area contributed by atoms with Crippen LogP contribution in [0.3, 0.4) is 0 Å². The molecule has 0 bridgehead atoms. The van der Waals surface area contributed by atoms with Crippen LogP contribution in [0.25, 0.3) is 0 Å². The number of halogens is 3. The van der Waals surface area contributed by atoms with Crippen molar-refractivity contribution in [2.45, 2.75) is 80.7 Å². The number of carbonyl (C=O) groups is 1. The minimum atomic E-state index is -4.87. The number of esters is 1. The molecular formula is C34H37F3NO5Se+. The molecule has 1 aliphatic carbocycles. The first-order chi connectivity index (χ1) is 20.8. The molecule has 5 rings (SSSR count). The number of ether oxygens (including phenoxy) is 3. The molecule has 2 fully saturated rings. The summed E-state index contributed by atoms with van der Waals surface area (Å²) in [6.07, 6.45) is -2.79. The zero-order chi connectivity index (χ0) is 31.7. The van der Waals surface area contributed by atoms with Crippen molar-refractivity contribution in [2.24, 2.45) is 5.92 Å². The Labute approximate surface area is 262 Å². The SMILES string of the molecule is COc1ccc(OC(F)(F)F)cc1C1CC2(CCCC(C(=O)OC(C)(C)C)C2c2ccccc2)[N+](=O)C1[Se]c1ccccc1. The third-order valence-corrected chi connectivity index (χ3v) is 11.1. The molecule has 44 heavy (non-hydrogen) atoms. The van der Waals surface area contributed by atoms with Crippen LogP contribution < -0.4 is 13.9 Å². The second-order valence-corrected chi connectivity index (χ2v) is 14.9. The number of hydrogen-bond donors (Lipinski definition) is 0. The molecule has 5 atom stereocenters. The fraction of sp³-hybridized carbons (Fsp3) is 0.441. The molecule has 3 aromatic carbocycles. The summed E-state index contributed by atoms with van der Waals surface area (Å²) in [4.78, 5) is 28.1. The molecule has 234 valence electrons. The van der Waals surface area contributed by atoms with Gasteiger partial charge in [0.15, 0.2) is 0 Å². The van der Waals surface area contributed by atoms with Crippen molar-refractivity contribution >= 4 is 25.4 Å². The summed E-state index contributed by atoms with van der Waals surface area (Å²) in [5.74, 6) is -1.85. The normalized spacial score (nSPS) is 25.6. The van der Waals surface area contributed by atoms with Crippen LogP contribution in [0.4, 0.5) is 13.2 Å². The van der Waals surface area contributed by atoms with E-state index in [0.717, 1.165) is 10.0 Å². The summed E-state index contributed by atoms with van der Waals surface area (Å²) < 4.78 is 57.8. The molecule has 0 radical (unpaired) electrons. The maximum absolute atomic E-state index is 14.9. The molecule has 1 saturated carbocycles. The van der Waals surface area contributed by atoms with E-state index in [1.807, 2.05) is 81.4 Å². The summed E-state index contributed by atoms with van der Waals surface area (Å²) in [7, 11) is 1.46. The van der Waals surface area contributed by atoms with E-state index in [1.165, 1.54) is 30.1 Å². The molecule has 2 aliphatic rings. The Morgan fingerprint density at radius 3 is 2.25 bits per heavy atom. The van der Waals surface area contributed by atoms with Gasteiger partial charge in [0.2, 0.25) is 0 Å². The Bertz CT molecular complexity index is 1480. The molecule has 0 aromatic heterocycles. The van der Waals surface area contributed by atoms with Gasteiger partial charge >= 0.3 is 262 Å². The van der Waals surface area contributed by atoms with Crippen LogP contribution in [0.5, 0.6) is 11.5 Å². The zero-order valence-corrected chi connectivity index (χ0v) is 26.9. The Morgan fingerprint density at radius 2 is 1.64 bits per heavy atom. The fourth-order valence-electron chi connectivity index (χ4n) is 6.86. The Hall–Kier alpha value is -3.36. The number of hydrogen-bond acceptors (Lipinski definition) is 5. The van der Waals surface area contributed by atoms with Gasteiger partial charge in [-0.25, -0.2) is 0 Å². The molecule has 0 amide bonds. The molecule has 1 saturated heterocycles. The van der Waals surface area contributed by atoms with E-state index >= 15 is 0 Å². The van der Waals surface area contributed by atoms with Crippen molar-refractivity contribution < 1.29 is 36.9 Å². The van der Waals surface area contributed by atoms with E-state index in [4.69, 9.17) is 9.47 Å². The molecular weight excluding hydrogens is 638 g/mol. The molecule has 1 spiro atoms. The molecule has 3 aromatic rings. The molecule has 1 heterocycles. The average molecular weight is 676 g/mol. The van der Waals surface area contributed by atoms with Crippen molar-refractivity contribution in [1.82, 2.24) is 0 Å². The zero-order valence-electron chi connectivity index (χ0n) is 25.2. The number of methoxy groups -OCH3 is 1. The van der Waals surface area contributed by atoms with Crippen LogP contribution in [-0.4, -0.2) is 55.2 Å². The first-order valence-electron chi connectivity index (χ1n) is 14.7. The Balaban J connectivity index is 1.66. The fourth-order valence-corrected chi connectivity index (χ4v) is 9.60. The standard InChI is InChI=1S/C34H37F3NO5Se/c1-32(2,3)43-31(39)25-16-11-19-33(29(25)22-12-7-5-8-13-22)21-27(30(38(33)40)44-24-14-9-6-10-15-24)26-20-23(42-34(35,36)37)17-18-28(26)41-4/h5-10,12-15,17-18,20,25,27,29-30H,11,16,19,21H2,1-4H3/q+1. The van der Waals surface area contributed by atoms with Gasteiger partial charge in [0.25, 0.3) is 0 Å². The van der Waals surface area contributed by atoms with Crippen molar-refractivity contribution in [3.05, 3.63) is 94.9 Å². The summed E-state index contributed by atoms with van der Waals surface area (Å²) in [5, 5.41) is 0. The van der Waals surface area contributed by atoms with E-state index < -0.39 is 40.2 Å². The van der Waals surface area contributed by atoms with E-state index in [-0.39, 0.29) is 26.7 Å². The van der Waals surface area contributed by atoms with E-state index in [1.54, 1.807) is 0 Å². The van der Waals surface area contributed by atoms with Crippen molar-refractivity contribution in [1.29, 1.82) is 0 Å². The van der Waals surface area contributed by atoms with Gasteiger partial charge in [-0.1, -0.05) is 0 Å². The second kappa shape index (κ2) is 12.6. The third-order valence-electron chi connectivity index (χ3n) is 8.40. The first-order valence-corrected chi connectivity index (χ1v) is 16.6. The van der Waals surface area contributed by atoms with Crippen LogP contribution in [0.2, 0.25) is 0 Å². The van der Waals surface area contributed by atoms with Gasteiger partial charge < -0.3 is 0 Å². The number of carbonyl (C=O) groups excluding carboxylic acids is 1. The summed E-state index contributed by atoms with van der Waals surface area (Å²) in [6, 6.07) is 23.3. The Morgan fingerprint density at radius 1 is 0.977 bits per heavy atom. The quantitative estimate of drug-likeness (QED) is 0.155. The number of nitroso groups, excluding NO2 is 1. The van der Waals surface area contributed by atoms with Gasteiger partial charge in [0, 0.05) is 0 Å². The topological polar surface area (TPSA) is 64.8 Å². The average Bonchev–Trinajstić information content (AvgIpc) is 3.23. The van der Waals surface area contributed by atoms with Gasteiger partial charge in [-0.3, -0.25) is 0 Å². The number of rotatable bonds is 7. The molecule has 1 aliphatic heterocycles. The second-order valence-electron chi connectivity index (χ2n) is 12.4. The number of nitrogens with zero attached hydrogens (tertiary/aromatic N) is 1. The van der Waals surface area contributed by atoms with E-state index in [2.05, 4.69) is 4.74 Å². The summed E-state index contributed by atoms with van der Waals surface area (Å²) in [5.41, 5.74) is -0.347. The van der Waals surface area contributed by atoms with Crippen LogP contribution in [0, 0.1) is 10.8 Å². The van der Waals surface area contributed by atoms with E-state index in [0.29, 0.717) is 37.0 Å². The van der Waals surface area contributed by atoms with Crippen LogP contribution in [-0.2, 0) is 9.53 Å². The van der Waals surface area contributed by atoms with Gasteiger partial charge in [0.05, 0.1) is 0 Å². The number of benzene rings is 3. The minimum absolute atomic E-state index is 0.334. The Kier molecular flexibility index (Phi) is 9.15. The predicted molar refractivity (Wildman–Crippen MR) is 161 cm³/mol. The van der Waals surface area contributed by atoms with Gasteiger partial charge in [-0.05, 0) is 0 Å². The van der Waals surface area contributed by atoms with Crippen LogP contribution in [0.1, 0.15) is 69.4 Å². The summed E-state index contributed by atoms with van der Waals surface area (Å²) >= 11 is -0.386.